The van der Waals surface area contributed by atoms with E-state index in [2.05, 4.69) is 17.0 Å². The summed E-state index contributed by atoms with van der Waals surface area (Å²) in [6, 6.07) is -0.376. The van der Waals surface area contributed by atoms with Gasteiger partial charge in [0.15, 0.2) is 0 Å². The summed E-state index contributed by atoms with van der Waals surface area (Å²) in [6.45, 7) is 12.1. The van der Waals surface area contributed by atoms with Crippen molar-refractivity contribution < 1.29 is 9.32 Å². The Kier molecular flexibility index (Phi) is 9.88. The van der Waals surface area contributed by atoms with Crippen LogP contribution >= 0.6 is 24.8 Å². The van der Waals surface area contributed by atoms with Crippen LogP contribution < -0.4 is 5.73 Å². The molecular weight excluding hydrogens is 351 g/mol. The predicted molar refractivity (Wildman–Crippen MR) is 99.8 cm³/mol. The molecule has 2 atom stereocenters. The first kappa shape index (κ1) is 23.2. The Morgan fingerprint density at radius 3 is 2.29 bits per heavy atom. The first-order chi connectivity index (χ1) is 10.4. The highest BCUT2D eigenvalue weighted by Crippen LogP contribution is 2.17. The van der Waals surface area contributed by atoms with Gasteiger partial charge in [-0.1, -0.05) is 25.4 Å². The Morgan fingerprint density at radius 2 is 1.83 bits per heavy atom. The molecule has 1 aromatic heterocycles. The van der Waals surface area contributed by atoms with Crippen LogP contribution in [0, 0.1) is 19.8 Å². The molecule has 0 saturated carbocycles. The molecule has 0 spiro atoms. The number of nitrogens with zero attached hydrogens (tertiary/aromatic N) is 3. The Balaban J connectivity index is 0.00000264. The number of amides is 1. The van der Waals surface area contributed by atoms with Crippen molar-refractivity contribution in [1.29, 1.82) is 0 Å². The lowest BCUT2D eigenvalue weighted by molar-refractivity contribution is -0.135. The molecule has 1 aromatic rings. The van der Waals surface area contributed by atoms with Crippen molar-refractivity contribution in [3.63, 3.8) is 0 Å². The van der Waals surface area contributed by atoms with Crippen LogP contribution in [-0.2, 0) is 11.3 Å². The third-order valence-electron chi connectivity index (χ3n) is 4.79. The standard InChI is InChI=1S/C16H28N4O2.2ClH/c1-5-11(2)15(17)16(21)20-8-6-19(7-9-20)10-14-12(3)18-22-13(14)4;;/h11,15H,5-10,17H2,1-4H3;2*1H. The van der Waals surface area contributed by atoms with Gasteiger partial charge in [-0.2, -0.15) is 0 Å². The van der Waals surface area contributed by atoms with Crippen molar-refractivity contribution in [2.45, 2.75) is 46.7 Å². The Bertz CT molecular complexity index is 497. The maximum atomic E-state index is 12.4. The molecule has 8 heteroatoms. The summed E-state index contributed by atoms with van der Waals surface area (Å²) in [5.41, 5.74) is 8.18. The molecule has 2 N–H and O–H groups in total. The molecule has 0 aliphatic carbocycles. The van der Waals surface area contributed by atoms with E-state index in [9.17, 15) is 4.79 Å². The fourth-order valence-electron chi connectivity index (χ4n) is 2.79. The van der Waals surface area contributed by atoms with Gasteiger partial charge in [0.05, 0.1) is 11.7 Å². The van der Waals surface area contributed by atoms with Gasteiger partial charge in [0, 0.05) is 38.3 Å². The van der Waals surface area contributed by atoms with E-state index in [0.717, 1.165) is 56.2 Å². The minimum absolute atomic E-state index is 0. The average molecular weight is 381 g/mol. The van der Waals surface area contributed by atoms with Gasteiger partial charge in [-0.25, -0.2) is 0 Å². The van der Waals surface area contributed by atoms with E-state index in [1.54, 1.807) is 0 Å². The molecule has 1 saturated heterocycles. The summed E-state index contributed by atoms with van der Waals surface area (Å²) in [4.78, 5) is 16.6. The van der Waals surface area contributed by atoms with E-state index in [0.29, 0.717) is 0 Å². The van der Waals surface area contributed by atoms with Gasteiger partial charge in [0.1, 0.15) is 5.76 Å². The SMILES string of the molecule is CCC(C)C(N)C(=O)N1CCN(Cc2c(C)noc2C)CC1.Cl.Cl. The van der Waals surface area contributed by atoms with Crippen molar-refractivity contribution in [3.8, 4) is 0 Å². The maximum Gasteiger partial charge on any atom is 0.239 e. The van der Waals surface area contributed by atoms with Crippen LogP contribution in [0.15, 0.2) is 4.52 Å². The van der Waals surface area contributed by atoms with E-state index < -0.39 is 0 Å². The monoisotopic (exact) mass is 380 g/mol. The number of carbonyl (C=O) groups is 1. The quantitative estimate of drug-likeness (QED) is 0.846. The lowest BCUT2D eigenvalue weighted by atomic mass is 9.98. The molecular formula is C16H30Cl2N4O2. The molecule has 6 nitrogen and oxygen atoms in total. The molecule has 1 aliphatic heterocycles. The predicted octanol–water partition coefficient (Wildman–Crippen LogP) is 2.15. The zero-order valence-electron chi connectivity index (χ0n) is 14.9. The molecule has 0 bridgehead atoms. The average Bonchev–Trinajstić information content (AvgIpc) is 2.85. The van der Waals surface area contributed by atoms with Crippen LogP contribution in [0.2, 0.25) is 0 Å². The highest BCUT2D eigenvalue weighted by molar-refractivity contribution is 5.85. The molecule has 2 unspecified atom stereocenters. The van der Waals surface area contributed by atoms with Crippen LogP contribution in [0.25, 0.3) is 0 Å². The first-order valence-corrected chi connectivity index (χ1v) is 8.12. The van der Waals surface area contributed by atoms with E-state index in [1.807, 2.05) is 25.7 Å². The summed E-state index contributed by atoms with van der Waals surface area (Å²) in [5, 5.41) is 3.99. The second-order valence-corrected chi connectivity index (χ2v) is 6.32. The largest absolute Gasteiger partial charge is 0.361 e. The number of hydrogen-bond acceptors (Lipinski definition) is 5. The highest BCUT2D eigenvalue weighted by Gasteiger charge is 2.28. The molecule has 140 valence electrons. The van der Waals surface area contributed by atoms with Gasteiger partial charge >= 0.3 is 0 Å². The van der Waals surface area contributed by atoms with Gasteiger partial charge in [-0.05, 0) is 19.8 Å². The summed E-state index contributed by atoms with van der Waals surface area (Å²) in [7, 11) is 0. The van der Waals surface area contributed by atoms with Crippen LogP contribution in [0.4, 0.5) is 0 Å². The van der Waals surface area contributed by atoms with E-state index in [1.165, 1.54) is 0 Å². The van der Waals surface area contributed by atoms with Crippen LogP contribution in [-0.4, -0.2) is 53.1 Å². The van der Waals surface area contributed by atoms with Gasteiger partial charge < -0.3 is 15.2 Å². The van der Waals surface area contributed by atoms with Gasteiger partial charge in [-0.15, -0.1) is 24.8 Å². The molecule has 24 heavy (non-hydrogen) atoms. The van der Waals surface area contributed by atoms with Gasteiger partial charge in [0.25, 0.3) is 0 Å². The normalized spacial score (nSPS) is 17.6. The molecule has 0 aromatic carbocycles. The fourth-order valence-corrected chi connectivity index (χ4v) is 2.79. The van der Waals surface area contributed by atoms with Crippen LogP contribution in [0.3, 0.4) is 0 Å². The van der Waals surface area contributed by atoms with E-state index >= 15 is 0 Å². The van der Waals surface area contributed by atoms with Crippen molar-refractivity contribution in [2.75, 3.05) is 26.2 Å². The zero-order chi connectivity index (χ0) is 16.3. The number of halogens is 2. The number of nitrogens with two attached hydrogens (primary N) is 1. The fraction of sp³-hybridized carbons (Fsp3) is 0.750. The third-order valence-corrected chi connectivity index (χ3v) is 4.79. The third kappa shape index (κ3) is 5.34. The number of hydrogen-bond donors (Lipinski definition) is 1. The lowest BCUT2D eigenvalue weighted by Gasteiger charge is -2.36. The first-order valence-electron chi connectivity index (χ1n) is 8.12. The Labute approximate surface area is 156 Å². The molecule has 2 heterocycles. The summed E-state index contributed by atoms with van der Waals surface area (Å²) >= 11 is 0. The number of piperazine rings is 1. The minimum atomic E-state index is -0.376. The second-order valence-electron chi connectivity index (χ2n) is 6.32. The van der Waals surface area contributed by atoms with Gasteiger partial charge in [-0.3, -0.25) is 9.69 Å². The van der Waals surface area contributed by atoms with Crippen molar-refractivity contribution in [3.05, 3.63) is 17.0 Å². The molecule has 1 aliphatic rings. The van der Waals surface area contributed by atoms with Crippen molar-refractivity contribution >= 4 is 30.7 Å². The van der Waals surface area contributed by atoms with Crippen molar-refractivity contribution in [1.82, 2.24) is 15.0 Å². The molecule has 2 rings (SSSR count). The van der Waals surface area contributed by atoms with E-state index in [-0.39, 0.29) is 42.7 Å². The van der Waals surface area contributed by atoms with Crippen molar-refractivity contribution in [2.24, 2.45) is 11.7 Å². The highest BCUT2D eigenvalue weighted by atomic mass is 35.5. The minimum Gasteiger partial charge on any atom is -0.361 e. The molecule has 0 radical (unpaired) electrons. The molecule has 1 amide bonds. The Morgan fingerprint density at radius 1 is 1.25 bits per heavy atom. The number of aromatic nitrogens is 1. The topological polar surface area (TPSA) is 75.6 Å². The van der Waals surface area contributed by atoms with Gasteiger partial charge in [0.2, 0.25) is 5.91 Å². The molecule has 1 fully saturated rings. The second kappa shape index (κ2) is 10.2. The lowest BCUT2D eigenvalue weighted by Crippen LogP contribution is -2.54. The maximum absolute atomic E-state index is 12.4. The summed E-state index contributed by atoms with van der Waals surface area (Å²) < 4.78 is 5.21. The number of rotatable bonds is 5. The summed E-state index contributed by atoms with van der Waals surface area (Å²) in [5.74, 6) is 1.20. The zero-order valence-corrected chi connectivity index (χ0v) is 16.6. The summed E-state index contributed by atoms with van der Waals surface area (Å²) in [6.07, 6.45) is 0.929. The van der Waals surface area contributed by atoms with Crippen LogP contribution in [0.1, 0.15) is 37.3 Å². The number of carbonyl (C=O) groups excluding carboxylic acids is 1. The van der Waals surface area contributed by atoms with E-state index in [4.69, 9.17) is 10.3 Å². The number of aryl methyl sites for hydroxylation is 2. The Hall–Kier alpha value is -0.820. The smallest absolute Gasteiger partial charge is 0.239 e. The van der Waals surface area contributed by atoms with Crippen LogP contribution in [0.5, 0.6) is 0 Å².